The lowest BCUT2D eigenvalue weighted by Crippen LogP contribution is -2.41. The fourth-order valence-corrected chi connectivity index (χ4v) is 5.54. The van der Waals surface area contributed by atoms with Crippen molar-refractivity contribution in [1.29, 1.82) is 0 Å². The Morgan fingerprint density at radius 3 is 2.26 bits per heavy atom. The average molecular weight is 361 g/mol. The van der Waals surface area contributed by atoms with Gasteiger partial charge in [0.25, 0.3) is 0 Å². The van der Waals surface area contributed by atoms with E-state index in [2.05, 4.69) is 6.07 Å². The van der Waals surface area contributed by atoms with Crippen molar-refractivity contribution in [3.8, 4) is 0 Å². The zero-order valence-electron chi connectivity index (χ0n) is 14.6. The largest absolute Gasteiger partial charge is 0.330 e. The monoisotopic (exact) mass is 360 g/mol. The Kier molecular flexibility index (Phi) is 7.08. The number of sulfonamides is 1. The molecule has 1 heterocycles. The maximum atomic E-state index is 13.2. The van der Waals surface area contributed by atoms with Crippen molar-refractivity contribution >= 4 is 22.4 Å². The second kappa shape index (κ2) is 7.97. The van der Waals surface area contributed by atoms with E-state index >= 15 is 0 Å². The number of aryl methyl sites for hydroxylation is 2. The number of piperidine rings is 1. The van der Waals surface area contributed by atoms with Gasteiger partial charge in [-0.3, -0.25) is 0 Å². The molecule has 6 heteroatoms. The third-order valence-electron chi connectivity index (χ3n) is 4.95. The molecule has 0 aromatic heterocycles. The fourth-order valence-electron chi connectivity index (χ4n) is 3.41. The van der Waals surface area contributed by atoms with Crippen LogP contribution in [0.2, 0.25) is 0 Å². The summed E-state index contributed by atoms with van der Waals surface area (Å²) >= 11 is 0. The molecule has 1 saturated heterocycles. The summed E-state index contributed by atoms with van der Waals surface area (Å²) in [6, 6.07) is 2.07. The molecule has 1 aliphatic rings. The van der Waals surface area contributed by atoms with E-state index in [-0.39, 0.29) is 12.4 Å². The summed E-state index contributed by atoms with van der Waals surface area (Å²) in [7, 11) is -3.43. The average Bonchev–Trinajstić information content (AvgIpc) is 2.46. The number of benzene rings is 1. The lowest BCUT2D eigenvalue weighted by Gasteiger charge is -2.33. The third-order valence-corrected chi connectivity index (χ3v) is 7.09. The minimum Gasteiger partial charge on any atom is -0.330 e. The standard InChI is InChI=1S/C17H28N2O2S.ClH/c1-12-10-13(2)15(4)17(14(12)3)22(20,21)19-9-5-6-16(11-19)7-8-18;/h10,16H,5-9,11,18H2,1-4H3;1H. The zero-order chi connectivity index (χ0) is 16.5. The van der Waals surface area contributed by atoms with Gasteiger partial charge in [0.1, 0.15) is 0 Å². The Morgan fingerprint density at radius 2 is 1.74 bits per heavy atom. The lowest BCUT2D eigenvalue weighted by atomic mass is 9.96. The lowest BCUT2D eigenvalue weighted by molar-refractivity contribution is 0.258. The third kappa shape index (κ3) is 4.08. The Bertz CT molecular complexity index is 631. The number of hydrogen-bond donors (Lipinski definition) is 1. The predicted molar refractivity (Wildman–Crippen MR) is 97.8 cm³/mol. The number of rotatable bonds is 4. The normalized spacial score (nSPS) is 19.4. The molecule has 1 unspecified atom stereocenters. The first-order valence-electron chi connectivity index (χ1n) is 8.06. The summed E-state index contributed by atoms with van der Waals surface area (Å²) in [5.74, 6) is 0.389. The van der Waals surface area contributed by atoms with Crippen molar-refractivity contribution < 1.29 is 8.42 Å². The minimum atomic E-state index is -3.43. The maximum Gasteiger partial charge on any atom is 0.243 e. The molecule has 132 valence electrons. The smallest absolute Gasteiger partial charge is 0.243 e. The van der Waals surface area contributed by atoms with Gasteiger partial charge in [-0.1, -0.05) is 6.07 Å². The van der Waals surface area contributed by atoms with Gasteiger partial charge in [-0.2, -0.15) is 4.31 Å². The van der Waals surface area contributed by atoms with Crippen molar-refractivity contribution in [2.45, 2.75) is 51.9 Å². The number of nitrogens with two attached hydrogens (primary N) is 1. The van der Waals surface area contributed by atoms with Gasteiger partial charge in [0.05, 0.1) is 4.90 Å². The van der Waals surface area contributed by atoms with Crippen molar-refractivity contribution in [3.63, 3.8) is 0 Å². The molecule has 1 atom stereocenters. The van der Waals surface area contributed by atoms with Crippen LogP contribution in [0.4, 0.5) is 0 Å². The first-order valence-corrected chi connectivity index (χ1v) is 9.50. The highest BCUT2D eigenvalue weighted by atomic mass is 35.5. The van der Waals surface area contributed by atoms with Gasteiger partial charge in [-0.25, -0.2) is 8.42 Å². The topological polar surface area (TPSA) is 63.4 Å². The van der Waals surface area contributed by atoms with Gasteiger partial charge in [0.2, 0.25) is 10.0 Å². The molecule has 4 nitrogen and oxygen atoms in total. The van der Waals surface area contributed by atoms with E-state index in [1.54, 1.807) is 4.31 Å². The molecule has 23 heavy (non-hydrogen) atoms. The molecule has 1 aliphatic heterocycles. The van der Waals surface area contributed by atoms with Crippen molar-refractivity contribution in [1.82, 2.24) is 4.31 Å². The molecule has 0 bridgehead atoms. The molecule has 0 radical (unpaired) electrons. The van der Waals surface area contributed by atoms with Gasteiger partial charge in [-0.15, -0.1) is 12.4 Å². The van der Waals surface area contributed by atoms with E-state index in [0.29, 0.717) is 30.4 Å². The summed E-state index contributed by atoms with van der Waals surface area (Å²) in [4.78, 5) is 0.512. The molecule has 0 amide bonds. The van der Waals surface area contributed by atoms with Crippen LogP contribution in [0.15, 0.2) is 11.0 Å². The minimum absolute atomic E-state index is 0. The van der Waals surface area contributed by atoms with Crippen LogP contribution >= 0.6 is 12.4 Å². The van der Waals surface area contributed by atoms with E-state index in [1.165, 1.54) is 0 Å². The van der Waals surface area contributed by atoms with Crippen LogP contribution in [0, 0.1) is 33.6 Å². The van der Waals surface area contributed by atoms with E-state index < -0.39 is 10.0 Å². The van der Waals surface area contributed by atoms with E-state index in [4.69, 9.17) is 5.73 Å². The molecule has 2 N–H and O–H groups in total. The quantitative estimate of drug-likeness (QED) is 0.897. The first-order chi connectivity index (χ1) is 10.3. The highest BCUT2D eigenvalue weighted by Gasteiger charge is 2.32. The predicted octanol–water partition coefficient (Wildman–Crippen LogP) is 3.09. The van der Waals surface area contributed by atoms with Crippen LogP contribution in [-0.4, -0.2) is 32.4 Å². The fraction of sp³-hybridized carbons (Fsp3) is 0.647. The van der Waals surface area contributed by atoms with Gasteiger partial charge in [0, 0.05) is 13.1 Å². The summed E-state index contributed by atoms with van der Waals surface area (Å²) in [5.41, 5.74) is 9.48. The molecule has 0 spiro atoms. The molecule has 0 aliphatic carbocycles. The van der Waals surface area contributed by atoms with Crippen LogP contribution in [-0.2, 0) is 10.0 Å². The molecular weight excluding hydrogens is 332 g/mol. The van der Waals surface area contributed by atoms with Crippen LogP contribution in [0.1, 0.15) is 41.5 Å². The first kappa shape index (κ1) is 20.4. The van der Waals surface area contributed by atoms with Crippen LogP contribution < -0.4 is 5.73 Å². The zero-order valence-corrected chi connectivity index (χ0v) is 16.2. The Labute approximate surface area is 146 Å². The van der Waals surface area contributed by atoms with Gasteiger partial charge < -0.3 is 5.73 Å². The molecule has 1 aromatic carbocycles. The van der Waals surface area contributed by atoms with E-state index in [9.17, 15) is 8.42 Å². The second-order valence-corrected chi connectivity index (χ2v) is 8.41. The van der Waals surface area contributed by atoms with E-state index in [0.717, 1.165) is 41.5 Å². The summed E-state index contributed by atoms with van der Waals surface area (Å²) in [6.45, 7) is 9.63. The summed E-state index contributed by atoms with van der Waals surface area (Å²) < 4.78 is 28.0. The Hall–Kier alpha value is -0.620. The number of hydrogen-bond acceptors (Lipinski definition) is 3. The second-order valence-electron chi connectivity index (χ2n) is 6.54. The maximum absolute atomic E-state index is 13.2. The highest BCUT2D eigenvalue weighted by molar-refractivity contribution is 7.89. The van der Waals surface area contributed by atoms with Crippen LogP contribution in [0.5, 0.6) is 0 Å². The van der Waals surface area contributed by atoms with Crippen LogP contribution in [0.25, 0.3) is 0 Å². The molecular formula is C17H29ClN2O2S. The molecule has 1 fully saturated rings. The van der Waals surface area contributed by atoms with Crippen molar-refractivity contribution in [3.05, 3.63) is 28.3 Å². The molecule has 1 aromatic rings. The van der Waals surface area contributed by atoms with Gasteiger partial charge in [0.15, 0.2) is 0 Å². The number of halogens is 1. The SMILES string of the molecule is Cc1cc(C)c(C)c(S(=O)(=O)N2CCCC(CCN)C2)c1C.Cl. The summed E-state index contributed by atoms with van der Waals surface area (Å²) in [5, 5.41) is 0. The Morgan fingerprint density at radius 1 is 1.17 bits per heavy atom. The van der Waals surface area contributed by atoms with Crippen molar-refractivity contribution in [2.24, 2.45) is 11.7 Å². The molecule has 2 rings (SSSR count). The Balaban J connectivity index is 0.00000264. The van der Waals surface area contributed by atoms with Crippen LogP contribution in [0.3, 0.4) is 0 Å². The summed E-state index contributed by atoms with van der Waals surface area (Å²) in [6.07, 6.45) is 2.90. The highest BCUT2D eigenvalue weighted by Crippen LogP contribution is 2.31. The van der Waals surface area contributed by atoms with Crippen molar-refractivity contribution in [2.75, 3.05) is 19.6 Å². The number of nitrogens with zero attached hydrogens (tertiary/aromatic N) is 1. The van der Waals surface area contributed by atoms with Gasteiger partial charge >= 0.3 is 0 Å². The molecule has 0 saturated carbocycles. The van der Waals surface area contributed by atoms with Gasteiger partial charge in [-0.05, 0) is 81.7 Å². The van der Waals surface area contributed by atoms with E-state index in [1.807, 2.05) is 27.7 Å².